The van der Waals surface area contributed by atoms with Crippen molar-refractivity contribution in [1.29, 1.82) is 0 Å². The molecule has 1 aromatic heterocycles. The summed E-state index contributed by atoms with van der Waals surface area (Å²) in [5.41, 5.74) is 5.99. The molecule has 0 saturated carbocycles. The highest BCUT2D eigenvalue weighted by molar-refractivity contribution is 7.18. The Kier molecular flexibility index (Phi) is 6.09. The molecule has 1 aromatic carbocycles. The normalized spacial score (nSPS) is 16.4. The molecule has 0 bridgehead atoms. The van der Waals surface area contributed by atoms with Gasteiger partial charge in [-0.3, -0.25) is 10.1 Å². The van der Waals surface area contributed by atoms with E-state index in [1.54, 1.807) is 7.11 Å². The molecule has 1 fully saturated rings. The molecule has 1 saturated heterocycles. The minimum Gasteiger partial charge on any atom is -0.497 e. The third-order valence-corrected chi connectivity index (χ3v) is 5.02. The number of nitrogens with zero attached hydrogens (tertiary/aromatic N) is 1. The van der Waals surface area contributed by atoms with Crippen LogP contribution in [0.1, 0.15) is 22.5 Å². The van der Waals surface area contributed by atoms with Crippen LogP contribution >= 0.6 is 11.3 Å². The lowest BCUT2D eigenvalue weighted by Gasteiger charge is -2.23. The molecule has 1 aliphatic rings. The molecule has 1 atom stereocenters. The van der Waals surface area contributed by atoms with Gasteiger partial charge in [-0.15, -0.1) is 0 Å². The van der Waals surface area contributed by atoms with Crippen molar-refractivity contribution >= 4 is 39.9 Å². The van der Waals surface area contributed by atoms with Crippen molar-refractivity contribution in [3.8, 4) is 5.75 Å². The highest BCUT2D eigenvalue weighted by Crippen LogP contribution is 2.30. The number of primary amides is 1. The summed E-state index contributed by atoms with van der Waals surface area (Å²) in [5.74, 6) is 0.592. The monoisotopic (exact) mass is 390 g/mol. The maximum Gasteiger partial charge on any atom is 0.317 e. The zero-order chi connectivity index (χ0) is 19.2. The van der Waals surface area contributed by atoms with Crippen LogP contribution in [0.2, 0.25) is 0 Å². The summed E-state index contributed by atoms with van der Waals surface area (Å²) in [6.45, 7) is 1.68. The molecule has 6 N–H and O–H groups in total. The third kappa shape index (κ3) is 5.08. The Labute approximate surface area is 160 Å². The average molecular weight is 390 g/mol. The number of rotatable bonds is 6. The summed E-state index contributed by atoms with van der Waals surface area (Å²) >= 11 is 1.15. The van der Waals surface area contributed by atoms with Crippen molar-refractivity contribution < 1.29 is 14.3 Å². The first-order valence-corrected chi connectivity index (χ1v) is 9.36. The Hall–Kier alpha value is -2.85. The maximum absolute atomic E-state index is 12.7. The van der Waals surface area contributed by atoms with Gasteiger partial charge in [0, 0.05) is 18.3 Å². The second-order valence-corrected chi connectivity index (χ2v) is 7.06. The third-order valence-electron chi connectivity index (χ3n) is 4.05. The highest BCUT2D eigenvalue weighted by atomic mass is 32.1. The van der Waals surface area contributed by atoms with E-state index in [1.165, 1.54) is 0 Å². The Morgan fingerprint density at radius 1 is 1.33 bits per heavy atom. The topological polar surface area (TPSA) is 130 Å². The van der Waals surface area contributed by atoms with Gasteiger partial charge < -0.3 is 26.4 Å². The predicted molar refractivity (Wildman–Crippen MR) is 105 cm³/mol. The minimum atomic E-state index is -0.773. The molecule has 0 spiro atoms. The van der Waals surface area contributed by atoms with Crippen molar-refractivity contribution in [3.63, 3.8) is 0 Å². The van der Waals surface area contributed by atoms with Crippen molar-refractivity contribution in [2.24, 2.45) is 5.73 Å². The van der Waals surface area contributed by atoms with Gasteiger partial charge in [0.1, 0.15) is 10.6 Å². The van der Waals surface area contributed by atoms with Gasteiger partial charge in [-0.25, -0.2) is 9.78 Å². The molecule has 3 amide bonds. The highest BCUT2D eigenvalue weighted by Gasteiger charge is 2.23. The molecule has 0 unspecified atom stereocenters. The van der Waals surface area contributed by atoms with Crippen molar-refractivity contribution in [2.75, 3.05) is 30.8 Å². The van der Waals surface area contributed by atoms with Crippen LogP contribution in [0.25, 0.3) is 0 Å². The van der Waals surface area contributed by atoms with Crippen molar-refractivity contribution in [3.05, 3.63) is 29.1 Å². The number of hydrogen-bond acceptors (Lipinski definition) is 7. The maximum atomic E-state index is 12.7. The van der Waals surface area contributed by atoms with E-state index in [4.69, 9.17) is 10.5 Å². The summed E-state index contributed by atoms with van der Waals surface area (Å²) in [6.07, 6.45) is 1.91. The number of methoxy groups -OCH3 is 1. The van der Waals surface area contributed by atoms with Gasteiger partial charge in [-0.2, -0.15) is 0 Å². The number of aromatic nitrogens is 1. The van der Waals surface area contributed by atoms with Crippen LogP contribution in [-0.2, 0) is 0 Å². The zero-order valence-corrected chi connectivity index (χ0v) is 15.7. The van der Waals surface area contributed by atoms with E-state index >= 15 is 0 Å². The molecule has 2 heterocycles. The molecule has 144 valence electrons. The number of piperidine rings is 1. The minimum absolute atomic E-state index is 0.0489. The van der Waals surface area contributed by atoms with Crippen molar-refractivity contribution in [1.82, 2.24) is 15.6 Å². The summed E-state index contributed by atoms with van der Waals surface area (Å²) in [5, 5.41) is 12.2. The van der Waals surface area contributed by atoms with Crippen LogP contribution < -0.4 is 31.7 Å². The number of nitrogens with two attached hydrogens (primary N) is 1. The van der Waals surface area contributed by atoms with Crippen LogP contribution in [0.5, 0.6) is 5.75 Å². The molecule has 10 heteroatoms. The second kappa shape index (κ2) is 8.69. The number of benzene rings is 1. The number of amides is 3. The molecule has 1 aliphatic heterocycles. The lowest BCUT2D eigenvalue weighted by molar-refractivity contribution is 0.0935. The zero-order valence-electron chi connectivity index (χ0n) is 14.9. The number of thiazole rings is 1. The number of nitrogens with one attached hydrogen (secondary N) is 4. The van der Waals surface area contributed by atoms with E-state index in [2.05, 4.69) is 26.3 Å². The first-order chi connectivity index (χ1) is 13.0. The Morgan fingerprint density at radius 2 is 2.11 bits per heavy atom. The standard InChI is InChI=1S/C17H22N6O3S/c1-26-12-6-4-10(5-7-12)21-17-23-14(22-16(18)25)13(27-17)15(24)20-11-3-2-8-19-9-11/h4-7,11,19H,2-3,8-9H2,1H3,(H,20,24)(H,21,23)(H3,18,22,25)/t11-/m0/s1. The summed E-state index contributed by atoms with van der Waals surface area (Å²) in [7, 11) is 1.60. The Bertz CT molecular complexity index is 802. The smallest absolute Gasteiger partial charge is 0.317 e. The number of hydrogen-bond donors (Lipinski definition) is 5. The molecule has 3 rings (SSSR count). The SMILES string of the molecule is COc1ccc(Nc2nc(NC(N)=O)c(C(=O)N[C@H]3CCCNC3)s2)cc1. The predicted octanol–water partition coefficient (Wildman–Crippen LogP) is 1.87. The lowest BCUT2D eigenvalue weighted by atomic mass is 10.1. The van der Waals surface area contributed by atoms with Crippen LogP contribution in [0.15, 0.2) is 24.3 Å². The summed E-state index contributed by atoms with van der Waals surface area (Å²) in [4.78, 5) is 28.5. The van der Waals surface area contributed by atoms with Crippen LogP contribution in [0.4, 0.5) is 21.4 Å². The largest absolute Gasteiger partial charge is 0.497 e. The number of ether oxygens (including phenoxy) is 1. The first kappa shape index (κ1) is 18.9. The quantitative estimate of drug-likeness (QED) is 0.512. The van der Waals surface area contributed by atoms with E-state index in [0.717, 1.165) is 48.7 Å². The number of carbonyl (C=O) groups is 2. The van der Waals surface area contributed by atoms with Crippen molar-refractivity contribution in [2.45, 2.75) is 18.9 Å². The Morgan fingerprint density at radius 3 is 2.74 bits per heavy atom. The van der Waals surface area contributed by atoms with E-state index < -0.39 is 6.03 Å². The molecule has 27 heavy (non-hydrogen) atoms. The fraction of sp³-hybridized carbons (Fsp3) is 0.353. The molecule has 9 nitrogen and oxygen atoms in total. The van der Waals surface area contributed by atoms with E-state index in [-0.39, 0.29) is 17.8 Å². The number of urea groups is 1. The van der Waals surface area contributed by atoms with Gasteiger partial charge in [0.05, 0.1) is 7.11 Å². The molecule has 0 aliphatic carbocycles. The van der Waals surface area contributed by atoms with Crippen LogP contribution in [-0.4, -0.2) is 43.2 Å². The molecule has 2 aromatic rings. The van der Waals surface area contributed by atoms with Gasteiger partial charge in [0.25, 0.3) is 5.91 Å². The molecule has 0 radical (unpaired) electrons. The average Bonchev–Trinajstić information content (AvgIpc) is 3.05. The molecular formula is C17H22N6O3S. The summed E-state index contributed by atoms with van der Waals surface area (Å²) in [6, 6.07) is 6.55. The second-order valence-electron chi connectivity index (χ2n) is 6.06. The van der Waals surface area contributed by atoms with E-state index in [1.807, 2.05) is 24.3 Å². The van der Waals surface area contributed by atoms with Crippen LogP contribution in [0.3, 0.4) is 0 Å². The first-order valence-electron chi connectivity index (χ1n) is 8.55. The van der Waals surface area contributed by atoms with Gasteiger partial charge in [-0.1, -0.05) is 11.3 Å². The number of anilines is 3. The van der Waals surface area contributed by atoms with Gasteiger partial charge in [0.2, 0.25) is 0 Å². The lowest BCUT2D eigenvalue weighted by Crippen LogP contribution is -2.45. The number of carbonyl (C=O) groups excluding carboxylic acids is 2. The van der Waals surface area contributed by atoms with Gasteiger partial charge in [0.15, 0.2) is 10.9 Å². The molecular weight excluding hydrogens is 368 g/mol. The van der Waals surface area contributed by atoms with E-state index in [9.17, 15) is 9.59 Å². The fourth-order valence-electron chi connectivity index (χ4n) is 2.75. The van der Waals surface area contributed by atoms with Gasteiger partial charge in [-0.05, 0) is 43.7 Å². The van der Waals surface area contributed by atoms with Gasteiger partial charge >= 0.3 is 6.03 Å². The fourth-order valence-corrected chi connectivity index (χ4v) is 3.60. The Balaban J connectivity index is 1.76. The van der Waals surface area contributed by atoms with Crippen LogP contribution in [0, 0.1) is 0 Å². The van der Waals surface area contributed by atoms with E-state index in [0.29, 0.717) is 10.0 Å². The summed E-state index contributed by atoms with van der Waals surface area (Å²) < 4.78 is 5.13.